The third kappa shape index (κ3) is 9.89. The zero-order chi connectivity index (χ0) is 14.4. The third-order valence-electron chi connectivity index (χ3n) is 4.59. The monoisotopic (exact) mass is 287 g/mol. The summed E-state index contributed by atoms with van der Waals surface area (Å²) in [5.74, 6) is 0. The SMILES string of the molecule is CCCCCCC[P+](CC)(CCC)CCCCCC. The fraction of sp³-hybridized carbons (Fsp3) is 1.00. The summed E-state index contributed by atoms with van der Waals surface area (Å²) in [7, 11) is -0.566. The topological polar surface area (TPSA) is 0 Å². The van der Waals surface area contributed by atoms with E-state index in [2.05, 4.69) is 27.7 Å². The maximum Gasteiger partial charge on any atom is 0.0594 e. The van der Waals surface area contributed by atoms with Crippen molar-refractivity contribution in [1.29, 1.82) is 0 Å². The number of hydrogen-bond donors (Lipinski definition) is 0. The molecule has 116 valence electrons. The maximum absolute atomic E-state index is 2.48. The normalized spacial score (nSPS) is 14.5. The van der Waals surface area contributed by atoms with Crippen molar-refractivity contribution in [3.8, 4) is 0 Å². The molecule has 0 heterocycles. The Hall–Kier alpha value is 0.430. The van der Waals surface area contributed by atoms with E-state index in [4.69, 9.17) is 0 Å². The standard InChI is InChI=1S/C18H40P/c1-5-9-11-13-15-18-19(8-4,16-7-3)17-14-12-10-6-2/h5-18H2,1-4H3/q+1. The summed E-state index contributed by atoms with van der Waals surface area (Å²) in [4.78, 5) is 0. The molecule has 1 heteroatoms. The third-order valence-corrected chi connectivity index (χ3v) is 9.86. The van der Waals surface area contributed by atoms with Crippen molar-refractivity contribution < 1.29 is 0 Å². The predicted octanol–water partition coefficient (Wildman–Crippen LogP) is 6.98. The second-order valence-electron chi connectivity index (χ2n) is 6.30. The molecule has 0 saturated carbocycles. The first-order valence-electron chi connectivity index (χ1n) is 9.09. The number of unbranched alkanes of at least 4 members (excludes halogenated alkanes) is 7. The van der Waals surface area contributed by atoms with E-state index in [1.807, 2.05) is 0 Å². The Balaban J connectivity index is 4.01. The predicted molar refractivity (Wildman–Crippen MR) is 95.3 cm³/mol. The van der Waals surface area contributed by atoms with E-state index in [1.165, 1.54) is 70.4 Å². The number of rotatable bonds is 14. The molecule has 0 aliphatic rings. The molecule has 0 rings (SSSR count). The number of hydrogen-bond acceptors (Lipinski definition) is 0. The Kier molecular flexibility index (Phi) is 13.7. The first kappa shape index (κ1) is 19.4. The van der Waals surface area contributed by atoms with Crippen molar-refractivity contribution in [3.63, 3.8) is 0 Å². The minimum Gasteiger partial charge on any atom is -0.0654 e. The fourth-order valence-corrected chi connectivity index (χ4v) is 7.57. The lowest BCUT2D eigenvalue weighted by Gasteiger charge is -2.26. The van der Waals surface area contributed by atoms with Gasteiger partial charge in [-0.3, -0.25) is 0 Å². The first-order valence-corrected chi connectivity index (χ1v) is 11.6. The molecule has 0 nitrogen and oxygen atoms in total. The zero-order valence-corrected chi connectivity index (χ0v) is 15.2. The summed E-state index contributed by atoms with van der Waals surface area (Å²) in [6.45, 7) is 9.51. The molecule has 0 fully saturated rings. The van der Waals surface area contributed by atoms with Crippen molar-refractivity contribution in [2.24, 2.45) is 0 Å². The van der Waals surface area contributed by atoms with Crippen LogP contribution >= 0.6 is 7.26 Å². The second kappa shape index (κ2) is 13.4. The van der Waals surface area contributed by atoms with Crippen LogP contribution in [0.5, 0.6) is 0 Å². The molecule has 0 saturated heterocycles. The van der Waals surface area contributed by atoms with Crippen LogP contribution in [0.1, 0.15) is 91.9 Å². The van der Waals surface area contributed by atoms with Crippen molar-refractivity contribution in [2.75, 3.05) is 24.6 Å². The summed E-state index contributed by atoms with van der Waals surface area (Å²) < 4.78 is 0. The van der Waals surface area contributed by atoms with E-state index in [9.17, 15) is 0 Å². The first-order chi connectivity index (χ1) is 9.24. The van der Waals surface area contributed by atoms with Crippen molar-refractivity contribution in [2.45, 2.75) is 91.9 Å². The fourth-order valence-electron chi connectivity index (χ4n) is 3.21. The Morgan fingerprint density at radius 1 is 0.474 bits per heavy atom. The summed E-state index contributed by atoms with van der Waals surface area (Å²) in [5, 5.41) is 0. The summed E-state index contributed by atoms with van der Waals surface area (Å²) >= 11 is 0. The van der Waals surface area contributed by atoms with Crippen LogP contribution in [0.15, 0.2) is 0 Å². The van der Waals surface area contributed by atoms with Gasteiger partial charge in [0, 0.05) is 7.26 Å². The van der Waals surface area contributed by atoms with E-state index in [-0.39, 0.29) is 0 Å². The van der Waals surface area contributed by atoms with Gasteiger partial charge in [0.05, 0.1) is 24.6 Å². The van der Waals surface area contributed by atoms with Gasteiger partial charge >= 0.3 is 0 Å². The molecule has 0 radical (unpaired) electrons. The molecule has 0 aliphatic carbocycles. The van der Waals surface area contributed by atoms with Gasteiger partial charge in [-0.05, 0) is 39.0 Å². The Morgan fingerprint density at radius 2 is 0.947 bits per heavy atom. The van der Waals surface area contributed by atoms with Crippen LogP contribution in [-0.4, -0.2) is 24.6 Å². The molecule has 0 bridgehead atoms. The van der Waals surface area contributed by atoms with Crippen molar-refractivity contribution in [1.82, 2.24) is 0 Å². The van der Waals surface area contributed by atoms with Gasteiger partial charge in [-0.25, -0.2) is 0 Å². The van der Waals surface area contributed by atoms with Gasteiger partial charge in [-0.15, -0.1) is 0 Å². The van der Waals surface area contributed by atoms with Crippen LogP contribution in [0, 0.1) is 0 Å². The molecular weight excluding hydrogens is 247 g/mol. The molecule has 0 aromatic rings. The van der Waals surface area contributed by atoms with E-state index in [0.717, 1.165) is 0 Å². The highest BCUT2D eigenvalue weighted by molar-refractivity contribution is 7.75. The lowest BCUT2D eigenvalue weighted by atomic mass is 10.2. The van der Waals surface area contributed by atoms with E-state index in [1.54, 1.807) is 18.5 Å². The lowest BCUT2D eigenvalue weighted by Crippen LogP contribution is -2.11. The second-order valence-corrected chi connectivity index (χ2v) is 11.0. The minimum atomic E-state index is -0.566. The smallest absolute Gasteiger partial charge is 0.0594 e. The molecule has 0 N–H and O–H groups in total. The summed E-state index contributed by atoms with van der Waals surface area (Å²) in [6, 6.07) is 0. The highest BCUT2D eigenvalue weighted by atomic mass is 31.2. The van der Waals surface area contributed by atoms with Crippen LogP contribution in [0.4, 0.5) is 0 Å². The summed E-state index contributed by atoms with van der Waals surface area (Å²) in [5.41, 5.74) is 0. The molecular formula is C18H40P+. The maximum atomic E-state index is 2.48. The van der Waals surface area contributed by atoms with Crippen molar-refractivity contribution in [3.05, 3.63) is 0 Å². The Bertz CT molecular complexity index is 179. The van der Waals surface area contributed by atoms with Gasteiger partial charge < -0.3 is 0 Å². The molecule has 0 aromatic carbocycles. The minimum absolute atomic E-state index is 0.566. The van der Waals surface area contributed by atoms with Crippen LogP contribution in [0.25, 0.3) is 0 Å². The lowest BCUT2D eigenvalue weighted by molar-refractivity contribution is 0.655. The highest BCUT2D eigenvalue weighted by Gasteiger charge is 2.32. The van der Waals surface area contributed by atoms with Crippen LogP contribution < -0.4 is 0 Å². The summed E-state index contributed by atoms with van der Waals surface area (Å²) in [6.07, 6.45) is 20.9. The van der Waals surface area contributed by atoms with Crippen LogP contribution in [0.2, 0.25) is 0 Å². The zero-order valence-electron chi connectivity index (χ0n) is 14.3. The average Bonchev–Trinajstić information content (AvgIpc) is 2.43. The van der Waals surface area contributed by atoms with E-state index < -0.39 is 7.26 Å². The molecule has 0 aromatic heterocycles. The Labute approximate surface area is 124 Å². The van der Waals surface area contributed by atoms with Crippen molar-refractivity contribution >= 4 is 7.26 Å². The Morgan fingerprint density at radius 3 is 1.37 bits per heavy atom. The molecule has 1 unspecified atom stereocenters. The van der Waals surface area contributed by atoms with Crippen LogP contribution in [-0.2, 0) is 0 Å². The largest absolute Gasteiger partial charge is 0.0654 e. The molecule has 0 spiro atoms. The quantitative estimate of drug-likeness (QED) is 0.239. The van der Waals surface area contributed by atoms with Gasteiger partial charge in [0.2, 0.25) is 0 Å². The molecule has 1 atom stereocenters. The van der Waals surface area contributed by atoms with Crippen LogP contribution in [0.3, 0.4) is 0 Å². The highest BCUT2D eigenvalue weighted by Crippen LogP contribution is 2.60. The van der Waals surface area contributed by atoms with Gasteiger partial charge in [-0.2, -0.15) is 0 Å². The van der Waals surface area contributed by atoms with E-state index >= 15 is 0 Å². The van der Waals surface area contributed by atoms with E-state index in [0.29, 0.717) is 0 Å². The van der Waals surface area contributed by atoms with Gasteiger partial charge in [0.15, 0.2) is 0 Å². The average molecular weight is 287 g/mol. The van der Waals surface area contributed by atoms with Gasteiger partial charge in [-0.1, -0.05) is 52.9 Å². The van der Waals surface area contributed by atoms with Gasteiger partial charge in [0.1, 0.15) is 0 Å². The molecule has 19 heavy (non-hydrogen) atoms. The molecule has 0 amide bonds. The molecule has 0 aliphatic heterocycles. The van der Waals surface area contributed by atoms with Gasteiger partial charge in [0.25, 0.3) is 0 Å².